The van der Waals surface area contributed by atoms with Gasteiger partial charge in [0.05, 0.1) is 4.88 Å². The third kappa shape index (κ3) is 2.96. The fraction of sp³-hybridized carbons (Fsp3) is 0.526. The fourth-order valence-corrected chi connectivity index (χ4v) is 4.88. The van der Waals surface area contributed by atoms with Crippen molar-refractivity contribution in [2.24, 2.45) is 17.1 Å². The van der Waals surface area contributed by atoms with Crippen LogP contribution in [0.15, 0.2) is 24.4 Å². The summed E-state index contributed by atoms with van der Waals surface area (Å²) in [4.78, 5) is 5.61. The number of aromatic nitrogens is 1. The van der Waals surface area contributed by atoms with Crippen molar-refractivity contribution in [1.82, 2.24) is 4.98 Å². The Morgan fingerprint density at radius 3 is 2.75 bits per heavy atom. The first-order chi connectivity index (χ1) is 11.3. The number of hydrogen-bond donors (Lipinski definition) is 3. The first kappa shape index (κ1) is 17.4. The zero-order valence-corrected chi connectivity index (χ0v) is 15.5. The fourth-order valence-electron chi connectivity index (χ4n) is 3.77. The zero-order chi connectivity index (χ0) is 17.5. The topological polar surface area (TPSA) is 85.2 Å². The normalized spacial score (nSPS) is 26.5. The lowest BCUT2D eigenvalue weighted by Crippen LogP contribution is -2.45. The Balaban J connectivity index is 1.97. The van der Waals surface area contributed by atoms with Gasteiger partial charge in [0.1, 0.15) is 10.6 Å². The summed E-state index contributed by atoms with van der Waals surface area (Å²) in [6.07, 6.45) is 4.79. The van der Waals surface area contributed by atoms with Crippen molar-refractivity contribution in [2.75, 3.05) is 5.73 Å². The summed E-state index contributed by atoms with van der Waals surface area (Å²) >= 11 is 1.57. The van der Waals surface area contributed by atoms with Crippen LogP contribution >= 0.6 is 11.3 Å². The molecule has 130 valence electrons. The molecule has 1 aromatic heterocycles. The smallest absolute Gasteiger partial charge is 0.125 e. The maximum Gasteiger partial charge on any atom is 0.125 e. The summed E-state index contributed by atoms with van der Waals surface area (Å²) in [5, 5.41) is 12.2. The summed E-state index contributed by atoms with van der Waals surface area (Å²) in [6, 6.07) is 5.88. The molecule has 0 saturated heterocycles. The van der Waals surface area contributed by atoms with Crippen molar-refractivity contribution in [2.45, 2.75) is 52.2 Å². The van der Waals surface area contributed by atoms with Gasteiger partial charge in [-0.2, -0.15) is 0 Å². The van der Waals surface area contributed by atoms with Crippen LogP contribution in [0.1, 0.15) is 50.6 Å². The predicted octanol–water partition coefficient (Wildman–Crippen LogP) is 3.88. The number of anilines is 1. The Bertz CT molecular complexity index is 740. The van der Waals surface area contributed by atoms with Gasteiger partial charge in [-0.1, -0.05) is 20.8 Å². The maximum atomic E-state index is 11.4. The molecule has 0 radical (unpaired) electrons. The molecule has 0 spiro atoms. The largest absolute Gasteiger partial charge is 0.399 e. The van der Waals surface area contributed by atoms with Gasteiger partial charge in [0.2, 0.25) is 0 Å². The third-order valence-corrected chi connectivity index (χ3v) is 6.89. The van der Waals surface area contributed by atoms with Crippen LogP contribution in [0.3, 0.4) is 0 Å². The molecule has 0 amide bonds. The van der Waals surface area contributed by atoms with Crippen molar-refractivity contribution in [3.63, 3.8) is 0 Å². The number of nitrogen functional groups attached to an aromatic ring is 1. The molecule has 1 saturated carbocycles. The molecule has 1 aliphatic carbocycles. The summed E-state index contributed by atoms with van der Waals surface area (Å²) in [6.45, 7) is 7.08. The Hall–Kier alpha value is -1.43. The van der Waals surface area contributed by atoms with Gasteiger partial charge < -0.3 is 16.6 Å². The van der Waals surface area contributed by atoms with Gasteiger partial charge in [0.15, 0.2) is 0 Å². The van der Waals surface area contributed by atoms with Gasteiger partial charge in [-0.3, -0.25) is 0 Å². The quantitative estimate of drug-likeness (QED) is 0.737. The summed E-state index contributed by atoms with van der Waals surface area (Å²) < 4.78 is 0. The lowest BCUT2D eigenvalue weighted by molar-refractivity contribution is -0.100. The van der Waals surface area contributed by atoms with Gasteiger partial charge in [0.25, 0.3) is 0 Å². The molecule has 5 heteroatoms. The van der Waals surface area contributed by atoms with Crippen molar-refractivity contribution in [3.05, 3.63) is 35.0 Å². The van der Waals surface area contributed by atoms with E-state index in [9.17, 15) is 5.11 Å². The van der Waals surface area contributed by atoms with Crippen molar-refractivity contribution < 1.29 is 5.11 Å². The summed E-state index contributed by atoms with van der Waals surface area (Å²) in [7, 11) is 0. The van der Waals surface area contributed by atoms with Crippen LogP contribution in [-0.4, -0.2) is 10.1 Å². The standard InChI is InChI=1S/C19H27N3OS/c1-12-18(2,3)5-4-6-19(12,23)17-22-11-16(24-17)14-7-13(10-20)8-15(21)9-14/h7-9,11-12,23H,4-6,10,20-21H2,1-3H3. The van der Waals surface area contributed by atoms with Crippen LogP contribution in [0.25, 0.3) is 10.4 Å². The molecule has 1 aromatic carbocycles. The Morgan fingerprint density at radius 1 is 1.29 bits per heavy atom. The molecular weight excluding hydrogens is 318 g/mol. The molecule has 1 heterocycles. The number of benzene rings is 1. The first-order valence-electron chi connectivity index (χ1n) is 8.55. The minimum Gasteiger partial charge on any atom is -0.399 e. The molecule has 4 nitrogen and oxygen atoms in total. The SMILES string of the molecule is CC1C(C)(C)CCCC1(O)c1ncc(-c2cc(N)cc(CN)c2)s1. The Morgan fingerprint density at radius 2 is 2.04 bits per heavy atom. The molecule has 1 aliphatic rings. The zero-order valence-electron chi connectivity index (χ0n) is 14.7. The second-order valence-electron chi connectivity index (χ2n) is 7.69. The molecule has 24 heavy (non-hydrogen) atoms. The van der Waals surface area contributed by atoms with E-state index < -0.39 is 5.60 Å². The predicted molar refractivity (Wildman–Crippen MR) is 101 cm³/mol. The Labute approximate surface area is 147 Å². The number of hydrogen-bond acceptors (Lipinski definition) is 5. The van der Waals surface area contributed by atoms with Crippen molar-refractivity contribution in [1.29, 1.82) is 0 Å². The average Bonchev–Trinajstić information content (AvgIpc) is 3.02. The van der Waals surface area contributed by atoms with E-state index in [2.05, 4.69) is 25.8 Å². The number of aliphatic hydroxyl groups is 1. The number of thiazole rings is 1. The van der Waals surface area contributed by atoms with Crippen LogP contribution in [-0.2, 0) is 12.1 Å². The second-order valence-corrected chi connectivity index (χ2v) is 8.72. The van der Waals surface area contributed by atoms with Crippen molar-refractivity contribution in [3.8, 4) is 10.4 Å². The van der Waals surface area contributed by atoms with Crippen molar-refractivity contribution >= 4 is 17.0 Å². The van der Waals surface area contributed by atoms with E-state index in [0.717, 1.165) is 40.3 Å². The molecule has 3 rings (SSSR count). The molecule has 5 N–H and O–H groups in total. The lowest BCUT2D eigenvalue weighted by Gasteiger charge is -2.47. The van der Waals surface area contributed by atoms with Gasteiger partial charge >= 0.3 is 0 Å². The highest BCUT2D eigenvalue weighted by atomic mass is 32.1. The third-order valence-electron chi connectivity index (χ3n) is 5.68. The highest BCUT2D eigenvalue weighted by molar-refractivity contribution is 7.15. The Kier molecular flexibility index (Phi) is 4.45. The van der Waals surface area contributed by atoms with Crippen LogP contribution in [0.2, 0.25) is 0 Å². The van der Waals surface area contributed by atoms with Crippen LogP contribution < -0.4 is 11.5 Å². The second kappa shape index (κ2) is 6.14. The molecular formula is C19H27N3OS. The van der Waals surface area contributed by atoms with Gasteiger partial charge in [-0.15, -0.1) is 11.3 Å². The summed E-state index contributed by atoms with van der Waals surface area (Å²) in [5.74, 6) is 0.165. The lowest BCUT2D eigenvalue weighted by atomic mass is 9.62. The molecule has 1 fully saturated rings. The highest BCUT2D eigenvalue weighted by Gasteiger charge is 2.48. The molecule has 0 aliphatic heterocycles. The highest BCUT2D eigenvalue weighted by Crippen LogP contribution is 2.52. The van der Waals surface area contributed by atoms with E-state index in [-0.39, 0.29) is 11.3 Å². The number of rotatable bonds is 3. The molecule has 2 aromatic rings. The number of nitrogens with two attached hydrogens (primary N) is 2. The molecule has 2 atom stereocenters. The maximum absolute atomic E-state index is 11.4. The minimum absolute atomic E-state index is 0.114. The van der Waals surface area contributed by atoms with Gasteiger partial charge in [0, 0.05) is 18.4 Å². The summed E-state index contributed by atoms with van der Waals surface area (Å²) in [5.41, 5.74) is 13.7. The average molecular weight is 346 g/mol. The number of nitrogens with zero attached hydrogens (tertiary/aromatic N) is 1. The van der Waals surface area contributed by atoms with Gasteiger partial charge in [-0.05, 0) is 59.9 Å². The van der Waals surface area contributed by atoms with E-state index in [1.54, 1.807) is 11.3 Å². The van der Waals surface area contributed by atoms with Crippen LogP contribution in [0.4, 0.5) is 5.69 Å². The minimum atomic E-state index is -0.846. The first-order valence-corrected chi connectivity index (χ1v) is 9.36. The van der Waals surface area contributed by atoms with E-state index in [1.807, 2.05) is 24.4 Å². The van der Waals surface area contributed by atoms with E-state index in [0.29, 0.717) is 12.2 Å². The molecule has 2 unspecified atom stereocenters. The van der Waals surface area contributed by atoms with Gasteiger partial charge in [-0.25, -0.2) is 4.98 Å². The van der Waals surface area contributed by atoms with Crippen LogP contribution in [0, 0.1) is 11.3 Å². The monoisotopic (exact) mass is 345 g/mol. The van der Waals surface area contributed by atoms with E-state index in [1.165, 1.54) is 0 Å². The van der Waals surface area contributed by atoms with E-state index in [4.69, 9.17) is 11.5 Å². The van der Waals surface area contributed by atoms with Crippen LogP contribution in [0.5, 0.6) is 0 Å². The van der Waals surface area contributed by atoms with E-state index >= 15 is 0 Å². The molecule has 0 bridgehead atoms.